The van der Waals surface area contributed by atoms with Crippen LogP contribution in [0.15, 0.2) is 60.7 Å². The lowest BCUT2D eigenvalue weighted by Gasteiger charge is -2.26. The average Bonchev–Trinajstić information content (AvgIpc) is 2.40. The van der Waals surface area contributed by atoms with Gasteiger partial charge in [0.25, 0.3) is 0 Å². The molecular formula is C17H21N. The van der Waals surface area contributed by atoms with Crippen molar-refractivity contribution in [3.05, 3.63) is 71.8 Å². The van der Waals surface area contributed by atoms with E-state index in [-0.39, 0.29) is 0 Å². The van der Waals surface area contributed by atoms with Gasteiger partial charge in [0.2, 0.25) is 0 Å². The van der Waals surface area contributed by atoms with Crippen LogP contribution in [0.25, 0.3) is 0 Å². The van der Waals surface area contributed by atoms with Gasteiger partial charge in [0, 0.05) is 19.1 Å². The van der Waals surface area contributed by atoms with Crippen LogP contribution in [-0.4, -0.2) is 10.9 Å². The van der Waals surface area contributed by atoms with Gasteiger partial charge in [0.15, 0.2) is 0 Å². The fourth-order valence-electron chi connectivity index (χ4n) is 2.06. The summed E-state index contributed by atoms with van der Waals surface area (Å²) in [7, 11) is 0. The Labute approximate surface area is 110 Å². The van der Waals surface area contributed by atoms with Crippen LogP contribution in [0.1, 0.15) is 25.0 Å². The Balaban J connectivity index is 2.05. The molecule has 18 heavy (non-hydrogen) atoms. The van der Waals surface area contributed by atoms with Crippen molar-refractivity contribution in [2.75, 3.05) is 0 Å². The summed E-state index contributed by atoms with van der Waals surface area (Å²) in [5.41, 5.74) is 2.75. The van der Waals surface area contributed by atoms with E-state index in [4.69, 9.17) is 0 Å². The van der Waals surface area contributed by atoms with Gasteiger partial charge >= 0.3 is 0 Å². The maximum Gasteiger partial charge on any atom is 0.0239 e. The summed E-state index contributed by atoms with van der Waals surface area (Å²) >= 11 is 0. The van der Waals surface area contributed by atoms with Crippen molar-refractivity contribution < 1.29 is 0 Å². The van der Waals surface area contributed by atoms with E-state index in [0.29, 0.717) is 6.04 Å². The van der Waals surface area contributed by atoms with Crippen molar-refractivity contribution in [3.63, 3.8) is 0 Å². The smallest absolute Gasteiger partial charge is 0.0239 e. The largest absolute Gasteiger partial charge is 0.292 e. The predicted octanol–water partition coefficient (Wildman–Crippen LogP) is 4.10. The number of rotatable bonds is 5. The first-order valence-electron chi connectivity index (χ1n) is 6.57. The van der Waals surface area contributed by atoms with E-state index in [1.54, 1.807) is 0 Å². The molecule has 0 bridgehead atoms. The van der Waals surface area contributed by atoms with Crippen LogP contribution in [0.5, 0.6) is 0 Å². The van der Waals surface area contributed by atoms with E-state index in [0.717, 1.165) is 13.1 Å². The Morgan fingerprint density at radius 1 is 0.722 bits per heavy atom. The molecule has 0 aliphatic heterocycles. The highest BCUT2D eigenvalue weighted by Crippen LogP contribution is 2.12. The van der Waals surface area contributed by atoms with Gasteiger partial charge in [0.05, 0.1) is 0 Å². The highest BCUT2D eigenvalue weighted by Gasteiger charge is 2.10. The first kappa shape index (κ1) is 12.8. The minimum atomic E-state index is 0.547. The normalized spacial score (nSPS) is 11.1. The van der Waals surface area contributed by atoms with E-state index in [2.05, 4.69) is 79.4 Å². The fourth-order valence-corrected chi connectivity index (χ4v) is 2.06. The lowest BCUT2D eigenvalue weighted by Crippen LogP contribution is -2.29. The average molecular weight is 239 g/mol. The molecule has 0 radical (unpaired) electrons. The van der Waals surface area contributed by atoms with Crippen LogP contribution < -0.4 is 0 Å². The molecule has 1 heteroatoms. The standard InChI is InChI=1S/C17H21N/c1-15(2)18(13-16-9-5-3-6-10-16)14-17-11-7-4-8-12-17/h3-12,15H,13-14H2,1-2H3. The molecule has 0 spiro atoms. The number of hydrogen-bond acceptors (Lipinski definition) is 1. The molecule has 0 fully saturated rings. The van der Waals surface area contributed by atoms with Crippen LogP contribution in [0.4, 0.5) is 0 Å². The third kappa shape index (κ3) is 3.71. The van der Waals surface area contributed by atoms with Crippen molar-refractivity contribution in [3.8, 4) is 0 Å². The van der Waals surface area contributed by atoms with Crippen molar-refractivity contribution >= 4 is 0 Å². The van der Waals surface area contributed by atoms with E-state index in [1.165, 1.54) is 11.1 Å². The van der Waals surface area contributed by atoms with Gasteiger partial charge in [-0.25, -0.2) is 0 Å². The van der Waals surface area contributed by atoms with E-state index >= 15 is 0 Å². The number of hydrogen-bond donors (Lipinski definition) is 0. The molecule has 0 amide bonds. The quantitative estimate of drug-likeness (QED) is 0.759. The van der Waals surface area contributed by atoms with Crippen LogP contribution in [0, 0.1) is 0 Å². The van der Waals surface area contributed by atoms with Gasteiger partial charge in [-0.3, -0.25) is 4.90 Å². The first-order chi connectivity index (χ1) is 8.75. The Bertz CT molecular complexity index is 406. The van der Waals surface area contributed by atoms with E-state index in [1.807, 2.05) is 0 Å². The summed E-state index contributed by atoms with van der Waals surface area (Å²) in [4.78, 5) is 2.49. The van der Waals surface area contributed by atoms with E-state index < -0.39 is 0 Å². The molecule has 0 aliphatic rings. The van der Waals surface area contributed by atoms with Crippen LogP contribution >= 0.6 is 0 Å². The fraction of sp³-hybridized carbons (Fsp3) is 0.294. The molecule has 2 rings (SSSR count). The van der Waals surface area contributed by atoms with Crippen LogP contribution in [0.2, 0.25) is 0 Å². The molecule has 0 heterocycles. The molecule has 1 nitrogen and oxygen atoms in total. The van der Waals surface area contributed by atoms with Gasteiger partial charge in [-0.15, -0.1) is 0 Å². The molecule has 0 saturated heterocycles. The second-order valence-corrected chi connectivity index (χ2v) is 4.97. The van der Waals surface area contributed by atoms with Gasteiger partial charge in [-0.1, -0.05) is 60.7 Å². The Kier molecular flexibility index (Phi) is 4.54. The second kappa shape index (κ2) is 6.36. The molecule has 0 unspecified atom stereocenters. The molecule has 0 aromatic heterocycles. The molecule has 2 aromatic rings. The van der Waals surface area contributed by atoms with Gasteiger partial charge < -0.3 is 0 Å². The van der Waals surface area contributed by atoms with Gasteiger partial charge in [-0.05, 0) is 25.0 Å². The minimum absolute atomic E-state index is 0.547. The number of nitrogens with zero attached hydrogens (tertiary/aromatic N) is 1. The SMILES string of the molecule is CC(C)N(Cc1ccccc1)Cc1ccccc1. The minimum Gasteiger partial charge on any atom is -0.292 e. The van der Waals surface area contributed by atoms with Crippen molar-refractivity contribution in [1.82, 2.24) is 4.90 Å². The molecular weight excluding hydrogens is 218 g/mol. The maximum atomic E-state index is 2.49. The summed E-state index contributed by atoms with van der Waals surface area (Å²) in [5.74, 6) is 0. The maximum absolute atomic E-state index is 2.49. The van der Waals surface area contributed by atoms with Crippen molar-refractivity contribution in [2.24, 2.45) is 0 Å². The van der Waals surface area contributed by atoms with E-state index in [9.17, 15) is 0 Å². The summed E-state index contributed by atoms with van der Waals surface area (Å²) in [5, 5.41) is 0. The summed E-state index contributed by atoms with van der Waals surface area (Å²) in [6, 6.07) is 21.9. The Morgan fingerprint density at radius 2 is 1.11 bits per heavy atom. The lowest BCUT2D eigenvalue weighted by molar-refractivity contribution is 0.203. The molecule has 94 valence electrons. The second-order valence-electron chi connectivity index (χ2n) is 4.97. The number of benzene rings is 2. The zero-order chi connectivity index (χ0) is 12.8. The lowest BCUT2D eigenvalue weighted by atomic mass is 10.1. The molecule has 2 aromatic carbocycles. The highest BCUT2D eigenvalue weighted by molar-refractivity contribution is 5.17. The Morgan fingerprint density at radius 3 is 1.44 bits per heavy atom. The first-order valence-corrected chi connectivity index (χ1v) is 6.57. The topological polar surface area (TPSA) is 3.24 Å². The Hall–Kier alpha value is -1.60. The third-order valence-corrected chi connectivity index (χ3v) is 3.19. The molecule has 0 aliphatic carbocycles. The van der Waals surface area contributed by atoms with Gasteiger partial charge in [-0.2, -0.15) is 0 Å². The summed E-state index contributed by atoms with van der Waals surface area (Å²) < 4.78 is 0. The van der Waals surface area contributed by atoms with Crippen molar-refractivity contribution in [2.45, 2.75) is 33.0 Å². The zero-order valence-electron chi connectivity index (χ0n) is 11.2. The molecule has 0 atom stereocenters. The third-order valence-electron chi connectivity index (χ3n) is 3.19. The summed E-state index contributed by atoms with van der Waals surface area (Å²) in [6.07, 6.45) is 0. The van der Waals surface area contributed by atoms with Gasteiger partial charge in [0.1, 0.15) is 0 Å². The van der Waals surface area contributed by atoms with Crippen LogP contribution in [-0.2, 0) is 13.1 Å². The summed E-state index contributed by atoms with van der Waals surface area (Å²) in [6.45, 7) is 6.53. The molecule has 0 saturated carbocycles. The monoisotopic (exact) mass is 239 g/mol. The predicted molar refractivity (Wildman–Crippen MR) is 77.3 cm³/mol. The van der Waals surface area contributed by atoms with Crippen molar-refractivity contribution in [1.29, 1.82) is 0 Å². The molecule has 0 N–H and O–H groups in total. The zero-order valence-corrected chi connectivity index (χ0v) is 11.2. The highest BCUT2D eigenvalue weighted by atomic mass is 15.1. The van der Waals surface area contributed by atoms with Crippen LogP contribution in [0.3, 0.4) is 0 Å².